The number of amides is 2. The molecule has 24 heavy (non-hydrogen) atoms. The van der Waals surface area contributed by atoms with E-state index in [0.29, 0.717) is 18.7 Å². The van der Waals surface area contributed by atoms with Gasteiger partial charge in [0.1, 0.15) is 5.88 Å². The molecule has 1 aliphatic heterocycles. The standard InChI is InChI=1S/C18H23ClN2O3/c1-13-2-4-14(5-3-13)16(22)6-7-18(24)21-10-8-15(9-11-21)20-17(23)12-19/h2-5,15H,6-12H2,1H3,(H,20,23). The van der Waals surface area contributed by atoms with E-state index in [4.69, 9.17) is 11.6 Å². The van der Waals surface area contributed by atoms with Crippen molar-refractivity contribution in [2.75, 3.05) is 19.0 Å². The van der Waals surface area contributed by atoms with E-state index in [-0.39, 0.29) is 42.4 Å². The number of benzene rings is 1. The Balaban J connectivity index is 1.74. The molecule has 1 aromatic rings. The van der Waals surface area contributed by atoms with Gasteiger partial charge in [0.15, 0.2) is 5.78 Å². The minimum atomic E-state index is -0.176. The number of alkyl halides is 1. The summed E-state index contributed by atoms with van der Waals surface area (Å²) in [5.74, 6) is -0.226. The quantitative estimate of drug-likeness (QED) is 0.632. The first-order valence-corrected chi connectivity index (χ1v) is 8.76. The number of ketones is 1. The van der Waals surface area contributed by atoms with Crippen LogP contribution in [0.25, 0.3) is 0 Å². The van der Waals surface area contributed by atoms with E-state index in [9.17, 15) is 14.4 Å². The molecule has 0 unspecified atom stereocenters. The summed E-state index contributed by atoms with van der Waals surface area (Å²) in [4.78, 5) is 37.4. The summed E-state index contributed by atoms with van der Waals surface area (Å²) in [6.45, 7) is 3.17. The Morgan fingerprint density at radius 3 is 2.33 bits per heavy atom. The first-order valence-electron chi connectivity index (χ1n) is 8.22. The Labute approximate surface area is 147 Å². The Morgan fingerprint density at radius 2 is 1.75 bits per heavy atom. The second-order valence-corrected chi connectivity index (χ2v) is 6.41. The van der Waals surface area contributed by atoms with E-state index in [1.165, 1.54) is 0 Å². The van der Waals surface area contributed by atoms with Crippen molar-refractivity contribution >= 4 is 29.2 Å². The van der Waals surface area contributed by atoms with Crippen molar-refractivity contribution in [1.82, 2.24) is 10.2 Å². The molecule has 5 nitrogen and oxygen atoms in total. The minimum Gasteiger partial charge on any atom is -0.352 e. The van der Waals surface area contributed by atoms with Crippen LogP contribution in [0.15, 0.2) is 24.3 Å². The van der Waals surface area contributed by atoms with Gasteiger partial charge in [-0.15, -0.1) is 11.6 Å². The zero-order valence-corrected chi connectivity index (χ0v) is 14.6. The van der Waals surface area contributed by atoms with Crippen molar-refractivity contribution in [2.45, 2.75) is 38.6 Å². The van der Waals surface area contributed by atoms with Crippen LogP contribution in [0.4, 0.5) is 0 Å². The number of hydrogen-bond acceptors (Lipinski definition) is 3. The van der Waals surface area contributed by atoms with Gasteiger partial charge in [0.05, 0.1) is 0 Å². The van der Waals surface area contributed by atoms with E-state index in [0.717, 1.165) is 18.4 Å². The molecule has 1 aliphatic rings. The van der Waals surface area contributed by atoms with Crippen molar-refractivity contribution in [3.8, 4) is 0 Å². The zero-order valence-electron chi connectivity index (χ0n) is 13.9. The molecular formula is C18H23ClN2O3. The number of hydrogen-bond donors (Lipinski definition) is 1. The first-order chi connectivity index (χ1) is 11.5. The number of nitrogens with one attached hydrogen (secondary N) is 1. The van der Waals surface area contributed by atoms with Crippen LogP contribution in [0.1, 0.15) is 41.6 Å². The molecule has 0 atom stereocenters. The van der Waals surface area contributed by atoms with E-state index >= 15 is 0 Å². The smallest absolute Gasteiger partial charge is 0.235 e. The van der Waals surface area contributed by atoms with Gasteiger partial charge in [-0.25, -0.2) is 0 Å². The number of aryl methyl sites for hydroxylation is 1. The SMILES string of the molecule is Cc1ccc(C(=O)CCC(=O)N2CCC(NC(=O)CCl)CC2)cc1. The van der Waals surface area contributed by atoms with Gasteiger partial charge in [-0.1, -0.05) is 29.8 Å². The highest BCUT2D eigenvalue weighted by Crippen LogP contribution is 2.14. The number of Topliss-reactive ketones (excluding diaryl/α,β-unsaturated/α-hetero) is 1. The number of halogens is 1. The predicted molar refractivity (Wildman–Crippen MR) is 93.2 cm³/mol. The largest absolute Gasteiger partial charge is 0.352 e. The van der Waals surface area contributed by atoms with Gasteiger partial charge in [0, 0.05) is 37.5 Å². The van der Waals surface area contributed by atoms with Crippen molar-refractivity contribution in [3.63, 3.8) is 0 Å². The van der Waals surface area contributed by atoms with Gasteiger partial charge >= 0.3 is 0 Å². The molecule has 6 heteroatoms. The van der Waals surface area contributed by atoms with Gasteiger partial charge in [-0.05, 0) is 19.8 Å². The van der Waals surface area contributed by atoms with Gasteiger partial charge in [0.2, 0.25) is 11.8 Å². The molecule has 0 aromatic heterocycles. The van der Waals surface area contributed by atoms with Crippen molar-refractivity contribution in [1.29, 1.82) is 0 Å². The number of carbonyl (C=O) groups is 3. The van der Waals surface area contributed by atoms with Crippen LogP contribution in [0.3, 0.4) is 0 Å². The molecule has 1 N–H and O–H groups in total. The third-order valence-corrected chi connectivity index (χ3v) is 4.52. The third-order valence-electron chi connectivity index (χ3n) is 4.27. The van der Waals surface area contributed by atoms with Crippen LogP contribution in [0, 0.1) is 6.92 Å². The highest BCUT2D eigenvalue weighted by Gasteiger charge is 2.23. The maximum absolute atomic E-state index is 12.2. The molecule has 130 valence electrons. The molecule has 2 rings (SSSR count). The lowest BCUT2D eigenvalue weighted by molar-refractivity contribution is -0.132. The van der Waals surface area contributed by atoms with Crippen molar-refractivity contribution < 1.29 is 14.4 Å². The summed E-state index contributed by atoms with van der Waals surface area (Å²) < 4.78 is 0. The predicted octanol–water partition coefficient (Wildman–Crippen LogP) is 2.30. The fourth-order valence-electron chi connectivity index (χ4n) is 2.80. The van der Waals surface area contributed by atoms with E-state index in [1.807, 2.05) is 19.1 Å². The Morgan fingerprint density at radius 1 is 1.12 bits per heavy atom. The lowest BCUT2D eigenvalue weighted by Crippen LogP contribution is -2.46. The fourth-order valence-corrected chi connectivity index (χ4v) is 2.88. The molecule has 0 radical (unpaired) electrons. The Hall–Kier alpha value is -1.88. The summed E-state index contributed by atoms with van der Waals surface area (Å²) in [6, 6.07) is 7.47. The molecule has 1 heterocycles. The molecule has 0 spiro atoms. The van der Waals surface area contributed by atoms with Gasteiger partial charge in [-0.3, -0.25) is 14.4 Å². The molecule has 0 bridgehead atoms. The normalized spacial score (nSPS) is 15.2. The highest BCUT2D eigenvalue weighted by molar-refractivity contribution is 6.27. The lowest BCUT2D eigenvalue weighted by atomic mass is 10.0. The maximum atomic E-state index is 12.2. The summed E-state index contributed by atoms with van der Waals surface area (Å²) in [5, 5.41) is 2.84. The third kappa shape index (κ3) is 5.34. The topological polar surface area (TPSA) is 66.5 Å². The van der Waals surface area contributed by atoms with Crippen LogP contribution in [-0.4, -0.2) is 47.5 Å². The summed E-state index contributed by atoms with van der Waals surface area (Å²) in [6.07, 6.45) is 1.90. The molecule has 0 aliphatic carbocycles. The van der Waals surface area contributed by atoms with Crippen LogP contribution in [-0.2, 0) is 9.59 Å². The molecule has 1 fully saturated rings. The number of piperidine rings is 1. The molecule has 1 saturated heterocycles. The molecular weight excluding hydrogens is 328 g/mol. The number of likely N-dealkylation sites (tertiary alicyclic amines) is 1. The summed E-state index contributed by atoms with van der Waals surface area (Å²) in [5.41, 5.74) is 1.75. The Bertz CT molecular complexity index is 593. The Kier molecular flexibility index (Phi) is 6.79. The fraction of sp³-hybridized carbons (Fsp3) is 0.500. The summed E-state index contributed by atoms with van der Waals surface area (Å²) >= 11 is 5.47. The van der Waals surface area contributed by atoms with Crippen LogP contribution < -0.4 is 5.32 Å². The van der Waals surface area contributed by atoms with Gasteiger partial charge < -0.3 is 10.2 Å². The number of rotatable bonds is 6. The maximum Gasteiger partial charge on any atom is 0.235 e. The van der Waals surface area contributed by atoms with E-state index in [2.05, 4.69) is 5.32 Å². The van der Waals surface area contributed by atoms with Crippen molar-refractivity contribution in [3.05, 3.63) is 35.4 Å². The number of nitrogens with zero attached hydrogens (tertiary/aromatic N) is 1. The zero-order chi connectivity index (χ0) is 17.5. The van der Waals surface area contributed by atoms with E-state index in [1.54, 1.807) is 17.0 Å². The summed E-state index contributed by atoms with van der Waals surface area (Å²) in [7, 11) is 0. The minimum absolute atomic E-state index is 0.00224. The van der Waals surface area contributed by atoms with Crippen molar-refractivity contribution in [2.24, 2.45) is 0 Å². The van der Waals surface area contributed by atoms with Crippen LogP contribution >= 0.6 is 11.6 Å². The van der Waals surface area contributed by atoms with Crippen LogP contribution in [0.5, 0.6) is 0 Å². The first kappa shape index (κ1) is 18.5. The second-order valence-electron chi connectivity index (χ2n) is 6.15. The van der Waals surface area contributed by atoms with Gasteiger partial charge in [0.25, 0.3) is 0 Å². The molecule has 2 amide bonds. The monoisotopic (exact) mass is 350 g/mol. The average Bonchev–Trinajstić information content (AvgIpc) is 2.60. The van der Waals surface area contributed by atoms with E-state index < -0.39 is 0 Å². The van der Waals surface area contributed by atoms with Gasteiger partial charge in [-0.2, -0.15) is 0 Å². The van der Waals surface area contributed by atoms with Crippen LogP contribution in [0.2, 0.25) is 0 Å². The number of carbonyl (C=O) groups excluding carboxylic acids is 3. The molecule has 1 aromatic carbocycles. The lowest BCUT2D eigenvalue weighted by Gasteiger charge is -2.32. The second kappa shape index (κ2) is 8.83. The molecule has 0 saturated carbocycles. The highest BCUT2D eigenvalue weighted by atomic mass is 35.5. The average molecular weight is 351 g/mol.